The second-order valence-corrected chi connectivity index (χ2v) is 9.13. The molecule has 0 aliphatic carbocycles. The Bertz CT molecular complexity index is 733. The first-order valence-corrected chi connectivity index (χ1v) is 11.1. The van der Waals surface area contributed by atoms with Gasteiger partial charge in [0.05, 0.1) is 11.4 Å². The highest BCUT2D eigenvalue weighted by Gasteiger charge is 2.13. The van der Waals surface area contributed by atoms with Crippen LogP contribution in [0, 0.1) is 0 Å². The van der Waals surface area contributed by atoms with Gasteiger partial charge in [-0.3, -0.25) is 9.59 Å². The maximum absolute atomic E-state index is 12.4. The maximum atomic E-state index is 12.4. The molecular formula is C15H17N3O2S4. The van der Waals surface area contributed by atoms with Crippen LogP contribution in [0.1, 0.15) is 24.2 Å². The number of nitrogens with zero attached hydrogens (tertiary/aromatic N) is 2. The van der Waals surface area contributed by atoms with Crippen LogP contribution in [0.5, 0.6) is 0 Å². The number of benzene rings is 1. The predicted molar refractivity (Wildman–Crippen MR) is 104 cm³/mol. The summed E-state index contributed by atoms with van der Waals surface area (Å²) in [5.41, 5.74) is 1.36. The average molecular weight is 400 g/mol. The lowest BCUT2D eigenvalue weighted by Crippen LogP contribution is -2.08. The van der Waals surface area contributed by atoms with Crippen LogP contribution in [0.15, 0.2) is 31.8 Å². The first-order chi connectivity index (χ1) is 11.5. The van der Waals surface area contributed by atoms with Gasteiger partial charge in [0.25, 0.3) is 0 Å². The first kappa shape index (κ1) is 19.3. The third-order valence-corrected chi connectivity index (χ3v) is 6.67. The summed E-state index contributed by atoms with van der Waals surface area (Å²) in [6, 6.07) is 5.33. The summed E-state index contributed by atoms with van der Waals surface area (Å²) in [6.07, 6.45) is 1.91. The van der Waals surface area contributed by atoms with E-state index in [1.807, 2.05) is 12.3 Å². The Kier molecular flexibility index (Phi) is 7.60. The quantitative estimate of drug-likeness (QED) is 0.524. The van der Waals surface area contributed by atoms with E-state index in [-0.39, 0.29) is 11.7 Å². The zero-order valence-electron chi connectivity index (χ0n) is 13.5. The molecule has 1 aromatic heterocycles. The summed E-state index contributed by atoms with van der Waals surface area (Å²) in [4.78, 5) is 24.5. The number of aromatic nitrogens is 2. The van der Waals surface area contributed by atoms with Crippen molar-refractivity contribution >= 4 is 64.0 Å². The maximum Gasteiger partial charge on any atom is 0.221 e. The number of thioether (sulfide) groups is 3. The molecule has 0 unspecified atom stereocenters. The van der Waals surface area contributed by atoms with Crippen molar-refractivity contribution in [3.05, 3.63) is 23.8 Å². The van der Waals surface area contributed by atoms with E-state index in [0.29, 0.717) is 11.3 Å². The van der Waals surface area contributed by atoms with Crippen molar-refractivity contribution in [1.29, 1.82) is 0 Å². The molecule has 128 valence electrons. The van der Waals surface area contributed by atoms with Crippen molar-refractivity contribution in [2.75, 3.05) is 23.1 Å². The molecule has 0 atom stereocenters. The fourth-order valence-corrected chi connectivity index (χ4v) is 5.20. The number of carbonyl (C=O) groups is 2. The van der Waals surface area contributed by atoms with Gasteiger partial charge >= 0.3 is 0 Å². The van der Waals surface area contributed by atoms with Gasteiger partial charge in [0.15, 0.2) is 14.5 Å². The molecule has 0 fully saturated rings. The molecule has 1 aromatic carbocycles. The van der Waals surface area contributed by atoms with Gasteiger partial charge in [-0.15, -0.1) is 22.0 Å². The Hall–Kier alpha value is -1.03. The molecular weight excluding hydrogens is 382 g/mol. The molecule has 2 aromatic rings. The number of anilines is 1. The summed E-state index contributed by atoms with van der Waals surface area (Å²) in [5, 5.41) is 10.9. The van der Waals surface area contributed by atoms with E-state index in [9.17, 15) is 9.59 Å². The Morgan fingerprint density at radius 1 is 1.21 bits per heavy atom. The third kappa shape index (κ3) is 5.51. The van der Waals surface area contributed by atoms with Crippen molar-refractivity contribution in [3.63, 3.8) is 0 Å². The topological polar surface area (TPSA) is 72.0 Å². The van der Waals surface area contributed by atoms with E-state index in [2.05, 4.69) is 22.4 Å². The summed E-state index contributed by atoms with van der Waals surface area (Å²) in [5.74, 6) is 1.18. The van der Waals surface area contributed by atoms with E-state index in [1.54, 1.807) is 23.9 Å². The molecule has 24 heavy (non-hydrogen) atoms. The van der Waals surface area contributed by atoms with Crippen molar-refractivity contribution in [2.45, 2.75) is 27.4 Å². The van der Waals surface area contributed by atoms with Crippen LogP contribution >= 0.6 is 46.6 Å². The number of rotatable bonds is 8. The minimum atomic E-state index is -0.128. The lowest BCUT2D eigenvalue weighted by Gasteiger charge is -2.09. The van der Waals surface area contributed by atoms with Gasteiger partial charge in [-0.2, -0.15) is 0 Å². The smallest absolute Gasteiger partial charge is 0.221 e. The molecule has 0 spiro atoms. The molecule has 0 radical (unpaired) electrons. The number of Topliss-reactive ketones (excluding diaryl/α,β-unsaturated/α-hetero) is 1. The van der Waals surface area contributed by atoms with Crippen LogP contribution in [-0.2, 0) is 4.79 Å². The number of ketones is 1. The van der Waals surface area contributed by atoms with Gasteiger partial charge < -0.3 is 5.32 Å². The fourth-order valence-electron chi connectivity index (χ4n) is 1.81. The second-order valence-electron chi connectivity index (χ2n) is 4.57. The predicted octanol–water partition coefficient (Wildman–Crippen LogP) is 4.31. The third-order valence-electron chi connectivity index (χ3n) is 2.82. The molecule has 1 N–H and O–H groups in total. The van der Waals surface area contributed by atoms with Crippen LogP contribution in [0.3, 0.4) is 0 Å². The fraction of sp³-hybridized carbons (Fsp3) is 0.333. The Morgan fingerprint density at radius 2 is 1.92 bits per heavy atom. The number of amides is 1. The SMILES string of the molecule is CCSc1nnc(SCC(=O)c2ccc(NC(C)=O)c(SC)c2)s1. The van der Waals surface area contributed by atoms with Crippen LogP contribution in [0.4, 0.5) is 5.69 Å². The highest BCUT2D eigenvalue weighted by Crippen LogP contribution is 2.30. The first-order valence-electron chi connectivity index (χ1n) is 7.11. The van der Waals surface area contributed by atoms with E-state index in [1.165, 1.54) is 41.8 Å². The Balaban J connectivity index is 2.02. The van der Waals surface area contributed by atoms with Gasteiger partial charge in [0.2, 0.25) is 5.91 Å². The van der Waals surface area contributed by atoms with Gasteiger partial charge in [-0.25, -0.2) is 0 Å². The van der Waals surface area contributed by atoms with Gasteiger partial charge in [0, 0.05) is 17.4 Å². The summed E-state index contributed by atoms with van der Waals surface area (Å²) >= 11 is 6.06. The molecule has 1 heterocycles. The lowest BCUT2D eigenvalue weighted by molar-refractivity contribution is -0.114. The second kappa shape index (κ2) is 9.45. The molecule has 9 heteroatoms. The van der Waals surface area contributed by atoms with Gasteiger partial charge in [-0.1, -0.05) is 41.8 Å². The van der Waals surface area contributed by atoms with Crippen molar-refractivity contribution in [3.8, 4) is 0 Å². The normalized spacial score (nSPS) is 10.6. The van der Waals surface area contributed by atoms with Crippen LogP contribution < -0.4 is 5.32 Å². The van der Waals surface area contributed by atoms with E-state index in [4.69, 9.17) is 0 Å². The van der Waals surface area contributed by atoms with E-state index in [0.717, 1.165) is 25.0 Å². The largest absolute Gasteiger partial charge is 0.325 e. The zero-order valence-corrected chi connectivity index (χ0v) is 16.8. The highest BCUT2D eigenvalue weighted by molar-refractivity contribution is 8.03. The number of carbonyl (C=O) groups excluding carboxylic acids is 2. The number of hydrogen-bond donors (Lipinski definition) is 1. The van der Waals surface area contributed by atoms with Crippen LogP contribution in [0.25, 0.3) is 0 Å². The molecule has 1 amide bonds. The van der Waals surface area contributed by atoms with Crippen LogP contribution in [-0.4, -0.2) is 39.6 Å². The monoisotopic (exact) mass is 399 g/mol. The Morgan fingerprint density at radius 3 is 2.54 bits per heavy atom. The summed E-state index contributed by atoms with van der Waals surface area (Å²) in [6.45, 7) is 3.53. The highest BCUT2D eigenvalue weighted by atomic mass is 32.2. The molecule has 0 bridgehead atoms. The minimum Gasteiger partial charge on any atom is -0.325 e. The molecule has 0 saturated carbocycles. The molecule has 2 rings (SSSR count). The zero-order chi connectivity index (χ0) is 17.5. The Labute approximate surface area is 157 Å². The molecule has 0 saturated heterocycles. The number of nitrogens with one attached hydrogen (secondary N) is 1. The number of hydrogen-bond acceptors (Lipinski definition) is 8. The average Bonchev–Trinajstić information content (AvgIpc) is 3.00. The van der Waals surface area contributed by atoms with Crippen molar-refractivity contribution < 1.29 is 9.59 Å². The lowest BCUT2D eigenvalue weighted by atomic mass is 10.1. The molecule has 0 aliphatic rings. The molecule has 0 aliphatic heterocycles. The summed E-state index contributed by atoms with van der Waals surface area (Å²) in [7, 11) is 0. The van der Waals surface area contributed by atoms with E-state index >= 15 is 0 Å². The summed E-state index contributed by atoms with van der Waals surface area (Å²) < 4.78 is 1.73. The van der Waals surface area contributed by atoms with Gasteiger partial charge in [0.1, 0.15) is 0 Å². The molecule has 5 nitrogen and oxygen atoms in total. The van der Waals surface area contributed by atoms with Crippen molar-refractivity contribution in [2.24, 2.45) is 0 Å². The van der Waals surface area contributed by atoms with E-state index < -0.39 is 0 Å². The van der Waals surface area contributed by atoms with Crippen molar-refractivity contribution in [1.82, 2.24) is 10.2 Å². The van der Waals surface area contributed by atoms with Gasteiger partial charge in [-0.05, 0) is 30.2 Å². The van der Waals surface area contributed by atoms with Crippen LogP contribution in [0.2, 0.25) is 0 Å². The minimum absolute atomic E-state index is 0.0320. The standard InChI is InChI=1S/C15H17N3O2S4/c1-4-22-14-17-18-15(24-14)23-8-12(20)10-5-6-11(16-9(2)19)13(7-10)21-3/h5-7H,4,8H2,1-3H3,(H,16,19).